The number of esters is 6. The van der Waals surface area contributed by atoms with Gasteiger partial charge >= 0.3 is 35.8 Å². The molecule has 22 nitrogen and oxygen atoms in total. The van der Waals surface area contributed by atoms with E-state index in [1.807, 2.05) is 0 Å². The van der Waals surface area contributed by atoms with E-state index in [1.54, 1.807) is 9.80 Å². The Morgan fingerprint density at radius 2 is 0.628 bits per heavy atom. The second-order valence-electron chi connectivity index (χ2n) is 20.5. The molecule has 0 spiro atoms. The standard InChI is InChI=1S/C56H100N4O18/c1-5-9-13-17-21-25-49(65)75-39-43(61)35-59(36-44(62)40-76-50(66)26-22-18-14-10-6-2)29-31-73-53(69)33-47-55(71)58-48(56(72)57-47)34-54(70)74-32-30-60(37-45(63)41-77-51(67)27-23-19-15-11-7-3)38-46(64)42-78-52(68)28-24-20-16-12-8-4/h43-48,61-64H,5-42H2,1-4H3,(H,57,72)(H,58,71). The summed E-state index contributed by atoms with van der Waals surface area (Å²) in [5, 5.41) is 47.9. The van der Waals surface area contributed by atoms with Crippen LogP contribution in [-0.4, -0.2) is 193 Å². The summed E-state index contributed by atoms with van der Waals surface area (Å²) >= 11 is 0. The number of hydrogen-bond donors (Lipinski definition) is 6. The van der Waals surface area contributed by atoms with E-state index in [0.717, 1.165) is 103 Å². The van der Waals surface area contributed by atoms with Crippen LogP contribution < -0.4 is 10.6 Å². The Morgan fingerprint density at radius 1 is 0.385 bits per heavy atom. The monoisotopic (exact) mass is 1120 g/mol. The van der Waals surface area contributed by atoms with Gasteiger partial charge in [-0.3, -0.25) is 48.2 Å². The molecule has 0 aromatic rings. The van der Waals surface area contributed by atoms with Crippen molar-refractivity contribution in [2.24, 2.45) is 0 Å². The van der Waals surface area contributed by atoms with Gasteiger partial charge < -0.3 is 59.5 Å². The third-order valence-corrected chi connectivity index (χ3v) is 12.9. The fourth-order valence-corrected chi connectivity index (χ4v) is 8.45. The normalized spacial score (nSPS) is 15.9. The third-order valence-electron chi connectivity index (χ3n) is 12.9. The second kappa shape index (κ2) is 46.3. The third kappa shape index (κ3) is 39.0. The number of carbonyl (C=O) groups excluding carboxylic acids is 8. The first-order chi connectivity index (χ1) is 37.5. The smallest absolute Gasteiger partial charge is 0.308 e. The minimum atomic E-state index is -1.33. The van der Waals surface area contributed by atoms with Crippen LogP contribution in [0, 0.1) is 0 Å². The van der Waals surface area contributed by atoms with E-state index in [0.29, 0.717) is 25.7 Å². The number of carbonyl (C=O) groups is 8. The Hall–Kier alpha value is -4.48. The SMILES string of the molecule is CCCCCCCC(=O)OCC(O)CN(CCOC(=O)CC1NC(=O)C(CC(=O)OCCN(CC(O)COC(=O)CCCCCCC)CC(O)COC(=O)CCCCCCC)NC1=O)CC(O)COC(=O)CCCCCCC. The van der Waals surface area contributed by atoms with Crippen LogP contribution in [0.4, 0.5) is 0 Å². The lowest BCUT2D eigenvalue weighted by molar-refractivity contribution is -0.151. The number of amides is 2. The van der Waals surface area contributed by atoms with Gasteiger partial charge in [0.1, 0.15) is 76.1 Å². The summed E-state index contributed by atoms with van der Waals surface area (Å²) < 4.78 is 31.8. The zero-order valence-corrected chi connectivity index (χ0v) is 47.7. The fourth-order valence-electron chi connectivity index (χ4n) is 8.45. The van der Waals surface area contributed by atoms with Crippen molar-refractivity contribution in [1.29, 1.82) is 0 Å². The second-order valence-corrected chi connectivity index (χ2v) is 20.5. The van der Waals surface area contributed by atoms with Gasteiger partial charge in [0.2, 0.25) is 11.8 Å². The Bertz CT molecular complexity index is 1480. The van der Waals surface area contributed by atoms with Crippen LogP contribution >= 0.6 is 0 Å². The predicted molar refractivity (Wildman–Crippen MR) is 289 cm³/mol. The van der Waals surface area contributed by atoms with Gasteiger partial charge in [0, 0.05) is 65.0 Å². The van der Waals surface area contributed by atoms with E-state index in [4.69, 9.17) is 28.4 Å². The maximum atomic E-state index is 13.1. The van der Waals surface area contributed by atoms with Crippen LogP contribution in [0.25, 0.3) is 0 Å². The number of nitrogens with zero attached hydrogens (tertiary/aromatic N) is 2. The zero-order chi connectivity index (χ0) is 57.8. The van der Waals surface area contributed by atoms with Gasteiger partial charge in [0.25, 0.3) is 0 Å². The number of aliphatic hydroxyl groups excluding tert-OH is 4. The highest BCUT2D eigenvalue weighted by Gasteiger charge is 2.37. The van der Waals surface area contributed by atoms with Gasteiger partial charge in [-0.25, -0.2) is 0 Å². The van der Waals surface area contributed by atoms with Gasteiger partial charge in [-0.15, -0.1) is 0 Å². The molecule has 452 valence electrons. The number of hydrogen-bond acceptors (Lipinski definition) is 20. The summed E-state index contributed by atoms with van der Waals surface area (Å²) in [6.07, 6.45) is 14.0. The molecular formula is C56H100N4O18. The van der Waals surface area contributed by atoms with E-state index >= 15 is 0 Å². The van der Waals surface area contributed by atoms with Crippen molar-refractivity contribution in [3.05, 3.63) is 0 Å². The van der Waals surface area contributed by atoms with E-state index in [2.05, 4.69) is 38.3 Å². The number of rotatable bonds is 50. The highest BCUT2D eigenvalue weighted by Crippen LogP contribution is 2.12. The summed E-state index contributed by atoms with van der Waals surface area (Å²) in [7, 11) is 0. The summed E-state index contributed by atoms with van der Waals surface area (Å²) in [6, 6.07) is -2.66. The van der Waals surface area contributed by atoms with Crippen molar-refractivity contribution in [3.8, 4) is 0 Å². The van der Waals surface area contributed by atoms with Crippen molar-refractivity contribution in [2.75, 3.05) is 78.9 Å². The quantitative estimate of drug-likeness (QED) is 0.0278. The molecule has 0 aliphatic carbocycles. The zero-order valence-electron chi connectivity index (χ0n) is 47.7. The Kier molecular flexibility index (Phi) is 42.5. The number of piperazine rings is 1. The molecule has 1 heterocycles. The minimum absolute atomic E-state index is 0.0214. The lowest BCUT2D eigenvalue weighted by atomic mass is 10.1. The first-order valence-electron chi connectivity index (χ1n) is 29.2. The maximum Gasteiger partial charge on any atom is 0.308 e. The molecule has 1 rings (SSSR count). The van der Waals surface area contributed by atoms with Gasteiger partial charge in [-0.2, -0.15) is 0 Å². The van der Waals surface area contributed by atoms with Crippen molar-refractivity contribution in [3.63, 3.8) is 0 Å². The molecule has 1 fully saturated rings. The fraction of sp³-hybridized carbons (Fsp3) is 0.857. The van der Waals surface area contributed by atoms with E-state index in [9.17, 15) is 58.8 Å². The molecule has 0 aromatic carbocycles. The Labute approximate surface area is 464 Å². The van der Waals surface area contributed by atoms with Crippen molar-refractivity contribution >= 4 is 47.6 Å². The van der Waals surface area contributed by atoms with Crippen LogP contribution in [-0.2, 0) is 66.8 Å². The molecular weight excluding hydrogens is 1020 g/mol. The molecule has 22 heteroatoms. The van der Waals surface area contributed by atoms with E-state index < -0.39 is 97.0 Å². The lowest BCUT2D eigenvalue weighted by Crippen LogP contribution is -2.62. The number of unbranched alkanes of at least 4 members (excludes halogenated alkanes) is 16. The molecule has 6 unspecified atom stereocenters. The summed E-state index contributed by atoms with van der Waals surface area (Å²) in [4.78, 5) is 104. The van der Waals surface area contributed by atoms with Gasteiger partial charge in [0.05, 0.1) is 12.8 Å². The molecule has 6 atom stereocenters. The highest BCUT2D eigenvalue weighted by molar-refractivity contribution is 6.00. The Balaban J connectivity index is 2.76. The average Bonchev–Trinajstić information content (AvgIpc) is 3.39. The van der Waals surface area contributed by atoms with Crippen LogP contribution in [0.3, 0.4) is 0 Å². The molecule has 0 aromatic heterocycles. The Morgan fingerprint density at radius 3 is 0.872 bits per heavy atom. The molecule has 1 aliphatic heterocycles. The predicted octanol–water partition coefficient (Wildman–Crippen LogP) is 4.50. The van der Waals surface area contributed by atoms with Crippen LogP contribution in [0.5, 0.6) is 0 Å². The van der Waals surface area contributed by atoms with Crippen molar-refractivity contribution in [2.45, 2.75) is 231 Å². The number of aliphatic hydroxyl groups is 4. The van der Waals surface area contributed by atoms with Crippen LogP contribution in [0.15, 0.2) is 0 Å². The van der Waals surface area contributed by atoms with E-state index in [-0.39, 0.29) is 105 Å². The molecule has 0 bridgehead atoms. The van der Waals surface area contributed by atoms with Crippen molar-refractivity contribution < 1.29 is 87.2 Å². The summed E-state index contributed by atoms with van der Waals surface area (Å²) in [5.74, 6) is -5.01. The summed E-state index contributed by atoms with van der Waals surface area (Å²) in [6.45, 7) is 6.17. The molecule has 0 saturated carbocycles. The number of ether oxygens (including phenoxy) is 6. The average molecular weight is 1120 g/mol. The summed E-state index contributed by atoms with van der Waals surface area (Å²) in [5.41, 5.74) is 0. The molecule has 6 N–H and O–H groups in total. The largest absolute Gasteiger partial charge is 0.464 e. The van der Waals surface area contributed by atoms with Gasteiger partial charge in [-0.1, -0.05) is 130 Å². The molecule has 1 saturated heterocycles. The molecule has 2 amide bonds. The number of nitrogens with one attached hydrogen (secondary N) is 2. The first kappa shape index (κ1) is 71.5. The minimum Gasteiger partial charge on any atom is -0.464 e. The van der Waals surface area contributed by atoms with Gasteiger partial charge in [-0.05, 0) is 25.7 Å². The first-order valence-corrected chi connectivity index (χ1v) is 29.2. The van der Waals surface area contributed by atoms with Crippen LogP contribution in [0.2, 0.25) is 0 Å². The maximum absolute atomic E-state index is 13.1. The molecule has 78 heavy (non-hydrogen) atoms. The van der Waals surface area contributed by atoms with E-state index in [1.165, 1.54) is 0 Å². The van der Waals surface area contributed by atoms with Crippen LogP contribution in [0.1, 0.15) is 195 Å². The topological polar surface area (TPSA) is 303 Å². The molecule has 0 radical (unpaired) electrons. The van der Waals surface area contributed by atoms with Gasteiger partial charge in [0.15, 0.2) is 0 Å². The highest BCUT2D eigenvalue weighted by atomic mass is 16.6. The van der Waals surface area contributed by atoms with Crippen molar-refractivity contribution in [1.82, 2.24) is 20.4 Å². The lowest BCUT2D eigenvalue weighted by Gasteiger charge is -2.29. The molecule has 1 aliphatic rings.